The molecule has 31 heavy (non-hydrogen) atoms. The van der Waals surface area contributed by atoms with Gasteiger partial charge in [-0.15, -0.1) is 0 Å². The SMILES string of the molecule is COC(=O)[C@]1(/C=C/c2ccsc2)C(=O)N(Cc2ccc(OC)cc2)[C@@H]1c1ccccc1. The number of β-lactam (4-membered cyclic amide) rings is 1. The van der Waals surface area contributed by atoms with Crippen LogP contribution in [0.1, 0.15) is 22.7 Å². The Hall–Kier alpha value is -3.38. The summed E-state index contributed by atoms with van der Waals surface area (Å²) >= 11 is 1.56. The van der Waals surface area contributed by atoms with Crippen LogP contribution in [0.15, 0.2) is 77.5 Å². The molecule has 1 aromatic heterocycles. The lowest BCUT2D eigenvalue weighted by atomic mass is 9.67. The lowest BCUT2D eigenvalue weighted by Gasteiger charge is -2.53. The lowest BCUT2D eigenvalue weighted by molar-refractivity contribution is -0.184. The van der Waals surface area contributed by atoms with E-state index in [9.17, 15) is 9.59 Å². The van der Waals surface area contributed by atoms with Crippen molar-refractivity contribution < 1.29 is 19.1 Å². The van der Waals surface area contributed by atoms with Crippen LogP contribution in [0.25, 0.3) is 6.08 Å². The Bertz CT molecular complexity index is 1080. The molecule has 6 heteroatoms. The molecule has 5 nitrogen and oxygen atoms in total. The molecular formula is C25H23NO4S. The van der Waals surface area contributed by atoms with Crippen LogP contribution in [0.2, 0.25) is 0 Å². The van der Waals surface area contributed by atoms with Crippen LogP contribution in [-0.4, -0.2) is 31.0 Å². The van der Waals surface area contributed by atoms with Crippen LogP contribution >= 0.6 is 11.3 Å². The fraction of sp³-hybridized carbons (Fsp3) is 0.200. The van der Waals surface area contributed by atoms with Gasteiger partial charge in [-0.1, -0.05) is 54.6 Å². The predicted molar refractivity (Wildman–Crippen MR) is 121 cm³/mol. The van der Waals surface area contributed by atoms with Gasteiger partial charge in [0.25, 0.3) is 0 Å². The third-order valence-electron chi connectivity index (χ3n) is 5.59. The number of nitrogens with zero attached hydrogens (tertiary/aromatic N) is 1. The number of hydrogen-bond acceptors (Lipinski definition) is 5. The van der Waals surface area contributed by atoms with Gasteiger partial charge in [0, 0.05) is 6.54 Å². The Balaban J connectivity index is 1.74. The fourth-order valence-corrected chi connectivity index (χ4v) is 4.64. The van der Waals surface area contributed by atoms with Crippen LogP contribution in [0.5, 0.6) is 5.75 Å². The van der Waals surface area contributed by atoms with E-state index in [4.69, 9.17) is 9.47 Å². The maximum Gasteiger partial charge on any atom is 0.327 e. The molecule has 4 rings (SSSR count). The molecule has 1 aliphatic heterocycles. The highest BCUT2D eigenvalue weighted by molar-refractivity contribution is 7.08. The second-order valence-corrected chi connectivity index (χ2v) is 8.12. The molecule has 1 aliphatic rings. The zero-order valence-electron chi connectivity index (χ0n) is 17.4. The topological polar surface area (TPSA) is 55.8 Å². The third-order valence-corrected chi connectivity index (χ3v) is 6.29. The van der Waals surface area contributed by atoms with Gasteiger partial charge in [-0.25, -0.2) is 0 Å². The lowest BCUT2D eigenvalue weighted by Crippen LogP contribution is -2.65. The zero-order valence-corrected chi connectivity index (χ0v) is 18.2. The second-order valence-electron chi connectivity index (χ2n) is 7.34. The third kappa shape index (κ3) is 3.75. The number of hydrogen-bond donors (Lipinski definition) is 0. The first-order chi connectivity index (χ1) is 15.1. The molecule has 0 bridgehead atoms. The number of likely N-dealkylation sites (tertiary alicyclic amines) is 1. The summed E-state index contributed by atoms with van der Waals surface area (Å²) in [6, 6.07) is 18.7. The van der Waals surface area contributed by atoms with Crippen molar-refractivity contribution in [2.24, 2.45) is 5.41 Å². The van der Waals surface area contributed by atoms with Crippen molar-refractivity contribution in [1.82, 2.24) is 4.90 Å². The standard InChI is InChI=1S/C25H23NO4S/c1-29-21-10-8-18(9-11-21)16-26-22(20-6-4-3-5-7-20)25(23(26)27,24(28)30-2)14-12-19-13-15-31-17-19/h3-15,17,22H,16H2,1-2H3/b14-12+/t22-,25+/m1/s1. The van der Waals surface area contributed by atoms with E-state index in [1.165, 1.54) is 7.11 Å². The van der Waals surface area contributed by atoms with E-state index in [0.29, 0.717) is 6.54 Å². The molecule has 158 valence electrons. The highest BCUT2D eigenvalue weighted by Gasteiger charge is 2.65. The summed E-state index contributed by atoms with van der Waals surface area (Å²) in [5, 5.41) is 3.93. The van der Waals surface area contributed by atoms with Gasteiger partial charge >= 0.3 is 5.97 Å². The van der Waals surface area contributed by atoms with Gasteiger partial charge in [0.2, 0.25) is 5.91 Å². The van der Waals surface area contributed by atoms with Gasteiger partial charge in [-0.2, -0.15) is 11.3 Å². The van der Waals surface area contributed by atoms with E-state index in [1.807, 2.05) is 77.5 Å². The minimum absolute atomic E-state index is 0.268. The van der Waals surface area contributed by atoms with Crippen molar-refractivity contribution in [3.8, 4) is 5.75 Å². The van der Waals surface area contributed by atoms with Crippen molar-refractivity contribution in [2.75, 3.05) is 14.2 Å². The molecule has 3 aromatic rings. The molecule has 1 saturated heterocycles. The molecule has 2 aromatic carbocycles. The van der Waals surface area contributed by atoms with Crippen molar-refractivity contribution >= 4 is 29.3 Å². The van der Waals surface area contributed by atoms with E-state index in [-0.39, 0.29) is 5.91 Å². The number of amides is 1. The first-order valence-electron chi connectivity index (χ1n) is 9.89. The normalized spacial score (nSPS) is 20.5. The molecule has 2 heterocycles. The van der Waals surface area contributed by atoms with E-state index < -0.39 is 17.4 Å². The molecule has 2 atom stereocenters. The molecule has 0 aliphatic carbocycles. The Kier molecular flexibility index (Phi) is 5.91. The smallest absolute Gasteiger partial charge is 0.327 e. The second kappa shape index (κ2) is 8.78. The van der Waals surface area contributed by atoms with Crippen LogP contribution in [-0.2, 0) is 20.9 Å². The number of benzene rings is 2. The highest BCUT2D eigenvalue weighted by Crippen LogP contribution is 2.53. The van der Waals surface area contributed by atoms with E-state index in [0.717, 1.165) is 22.4 Å². The van der Waals surface area contributed by atoms with Crippen molar-refractivity contribution in [3.05, 3.63) is 94.2 Å². The first-order valence-corrected chi connectivity index (χ1v) is 10.8. The van der Waals surface area contributed by atoms with Crippen LogP contribution in [0, 0.1) is 5.41 Å². The van der Waals surface area contributed by atoms with E-state index in [2.05, 4.69) is 0 Å². The van der Waals surface area contributed by atoms with Gasteiger partial charge in [0.1, 0.15) is 5.75 Å². The first kappa shape index (κ1) is 20.9. The largest absolute Gasteiger partial charge is 0.497 e. The summed E-state index contributed by atoms with van der Waals surface area (Å²) in [5.41, 5.74) is 1.39. The zero-order chi connectivity index (χ0) is 21.8. The summed E-state index contributed by atoms with van der Waals surface area (Å²) in [5.74, 6) is -0.0692. The van der Waals surface area contributed by atoms with Crippen molar-refractivity contribution in [3.63, 3.8) is 0 Å². The number of carbonyl (C=O) groups excluding carboxylic acids is 2. The maximum absolute atomic E-state index is 13.5. The Morgan fingerprint density at radius 2 is 1.84 bits per heavy atom. The average Bonchev–Trinajstić information content (AvgIpc) is 3.34. The Labute approximate surface area is 185 Å². The molecule has 0 radical (unpaired) electrons. The molecule has 0 saturated carbocycles. The Morgan fingerprint density at radius 1 is 1.10 bits per heavy atom. The minimum Gasteiger partial charge on any atom is -0.497 e. The van der Waals surface area contributed by atoms with Gasteiger partial charge in [-0.05, 0) is 45.6 Å². The summed E-state index contributed by atoms with van der Waals surface area (Å²) in [7, 11) is 2.94. The molecule has 1 fully saturated rings. The fourth-order valence-electron chi connectivity index (χ4n) is 4.02. The molecule has 0 N–H and O–H groups in total. The summed E-state index contributed by atoms with van der Waals surface area (Å²) in [4.78, 5) is 28.3. The van der Waals surface area contributed by atoms with E-state index >= 15 is 0 Å². The number of thiophene rings is 1. The van der Waals surface area contributed by atoms with E-state index in [1.54, 1.807) is 29.4 Å². The van der Waals surface area contributed by atoms with Crippen molar-refractivity contribution in [1.29, 1.82) is 0 Å². The number of ether oxygens (including phenoxy) is 2. The van der Waals surface area contributed by atoms with Gasteiger partial charge in [0.15, 0.2) is 5.41 Å². The summed E-state index contributed by atoms with van der Waals surface area (Å²) < 4.78 is 10.3. The maximum atomic E-state index is 13.5. The molecule has 0 spiro atoms. The molecular weight excluding hydrogens is 410 g/mol. The Morgan fingerprint density at radius 3 is 2.45 bits per heavy atom. The van der Waals surface area contributed by atoms with Crippen LogP contribution < -0.4 is 4.74 Å². The average molecular weight is 434 g/mol. The highest BCUT2D eigenvalue weighted by atomic mass is 32.1. The van der Waals surface area contributed by atoms with Gasteiger partial charge in [0.05, 0.1) is 20.3 Å². The monoisotopic (exact) mass is 433 g/mol. The van der Waals surface area contributed by atoms with Crippen LogP contribution in [0.4, 0.5) is 0 Å². The molecule has 0 unspecified atom stereocenters. The quantitative estimate of drug-likeness (QED) is 0.308. The van der Waals surface area contributed by atoms with Gasteiger partial charge < -0.3 is 14.4 Å². The van der Waals surface area contributed by atoms with Gasteiger partial charge in [-0.3, -0.25) is 9.59 Å². The number of rotatable bonds is 7. The minimum atomic E-state index is -1.40. The van der Waals surface area contributed by atoms with Crippen molar-refractivity contribution in [2.45, 2.75) is 12.6 Å². The number of esters is 1. The molecule has 1 amide bonds. The number of carbonyl (C=O) groups is 2. The van der Waals surface area contributed by atoms with Crippen LogP contribution in [0.3, 0.4) is 0 Å². The predicted octanol–water partition coefficient (Wildman–Crippen LogP) is 4.71. The summed E-state index contributed by atoms with van der Waals surface area (Å²) in [6.07, 6.45) is 3.53. The number of methoxy groups -OCH3 is 2. The summed E-state index contributed by atoms with van der Waals surface area (Å²) in [6.45, 7) is 0.382.